The molecule has 1 atom stereocenters. The van der Waals surface area contributed by atoms with Crippen LogP contribution in [0, 0.1) is 0 Å². The van der Waals surface area contributed by atoms with E-state index in [1.165, 1.54) is 32.2 Å². The van der Waals surface area contributed by atoms with E-state index in [4.69, 9.17) is 33.0 Å². The fraction of sp³-hybridized carbons (Fsp3) is 0.333. The molecule has 0 radical (unpaired) electrons. The van der Waals surface area contributed by atoms with Gasteiger partial charge in [-0.05, 0) is 25.1 Å². The maximum absolute atomic E-state index is 12.0. The zero-order valence-electron chi connectivity index (χ0n) is 10.4. The van der Waals surface area contributed by atoms with Gasteiger partial charge in [0.05, 0.1) is 17.2 Å². The molecule has 5 nitrogen and oxygen atoms in total. The molecule has 0 aliphatic carbocycles. The molecule has 0 fully saturated rings. The van der Waals surface area contributed by atoms with Crippen molar-refractivity contribution in [2.24, 2.45) is 0 Å². The number of nitrogens with one attached hydrogen (secondary N) is 1. The van der Waals surface area contributed by atoms with Gasteiger partial charge in [0.1, 0.15) is 0 Å². The van der Waals surface area contributed by atoms with Gasteiger partial charge in [0.15, 0.2) is 5.54 Å². The van der Waals surface area contributed by atoms with Crippen LogP contribution in [0.2, 0.25) is 10.0 Å². The molecule has 0 heterocycles. The molecule has 19 heavy (non-hydrogen) atoms. The van der Waals surface area contributed by atoms with Crippen LogP contribution >= 0.6 is 23.2 Å². The van der Waals surface area contributed by atoms with Gasteiger partial charge in [0.25, 0.3) is 5.91 Å². The zero-order chi connectivity index (χ0) is 14.6. The highest BCUT2D eigenvalue weighted by molar-refractivity contribution is 6.35. The van der Waals surface area contributed by atoms with Crippen molar-refractivity contribution in [1.29, 1.82) is 0 Å². The Morgan fingerprint density at radius 3 is 2.58 bits per heavy atom. The topological polar surface area (TPSA) is 75.6 Å². The van der Waals surface area contributed by atoms with Crippen LogP contribution in [0.25, 0.3) is 0 Å². The highest BCUT2D eigenvalue weighted by Gasteiger charge is 2.35. The molecule has 0 aromatic heterocycles. The summed E-state index contributed by atoms with van der Waals surface area (Å²) in [6.07, 6.45) is 0. The predicted octanol–water partition coefficient (Wildman–Crippen LogP) is 2.21. The van der Waals surface area contributed by atoms with Gasteiger partial charge in [0, 0.05) is 12.1 Å². The molecule has 1 aromatic rings. The molecule has 0 spiro atoms. The molecule has 1 amide bonds. The van der Waals surface area contributed by atoms with E-state index in [2.05, 4.69) is 5.32 Å². The number of hydrogen-bond donors (Lipinski definition) is 2. The Balaban J connectivity index is 3.00. The van der Waals surface area contributed by atoms with Crippen LogP contribution in [0.1, 0.15) is 17.3 Å². The summed E-state index contributed by atoms with van der Waals surface area (Å²) in [4.78, 5) is 23.2. The van der Waals surface area contributed by atoms with Crippen molar-refractivity contribution in [3.63, 3.8) is 0 Å². The Bertz CT molecular complexity index is 507. The Morgan fingerprint density at radius 1 is 1.42 bits per heavy atom. The van der Waals surface area contributed by atoms with E-state index in [1.54, 1.807) is 0 Å². The fourth-order valence-electron chi connectivity index (χ4n) is 1.43. The maximum atomic E-state index is 12.0. The molecule has 0 saturated heterocycles. The second kappa shape index (κ2) is 6.23. The molecule has 0 aliphatic rings. The van der Waals surface area contributed by atoms with Crippen molar-refractivity contribution in [2.75, 3.05) is 13.7 Å². The Labute approximate surface area is 120 Å². The third-order valence-electron chi connectivity index (χ3n) is 2.47. The number of rotatable bonds is 5. The quantitative estimate of drug-likeness (QED) is 0.874. The van der Waals surface area contributed by atoms with Gasteiger partial charge >= 0.3 is 5.97 Å². The van der Waals surface area contributed by atoms with E-state index in [1.807, 2.05) is 0 Å². The Hall–Kier alpha value is -1.30. The average Bonchev–Trinajstić information content (AvgIpc) is 2.32. The average molecular weight is 306 g/mol. The van der Waals surface area contributed by atoms with E-state index in [0.717, 1.165) is 0 Å². The number of carboxylic acids is 1. The lowest BCUT2D eigenvalue weighted by Gasteiger charge is -2.25. The first-order chi connectivity index (χ1) is 8.80. The van der Waals surface area contributed by atoms with Gasteiger partial charge in [-0.2, -0.15) is 0 Å². The monoisotopic (exact) mass is 305 g/mol. The zero-order valence-corrected chi connectivity index (χ0v) is 11.9. The number of carbonyl (C=O) groups excluding carboxylic acids is 1. The number of benzene rings is 1. The first-order valence-electron chi connectivity index (χ1n) is 5.30. The van der Waals surface area contributed by atoms with E-state index < -0.39 is 17.4 Å². The summed E-state index contributed by atoms with van der Waals surface area (Å²) in [5.74, 6) is -1.84. The summed E-state index contributed by atoms with van der Waals surface area (Å²) >= 11 is 11.7. The van der Waals surface area contributed by atoms with Gasteiger partial charge in [0.2, 0.25) is 0 Å². The number of aliphatic carboxylic acids is 1. The molecule has 0 saturated carbocycles. The van der Waals surface area contributed by atoms with Crippen LogP contribution in [0.3, 0.4) is 0 Å². The lowest BCUT2D eigenvalue weighted by molar-refractivity contribution is -0.145. The molecular weight excluding hydrogens is 293 g/mol. The molecule has 7 heteroatoms. The van der Waals surface area contributed by atoms with Crippen LogP contribution < -0.4 is 5.32 Å². The summed E-state index contributed by atoms with van der Waals surface area (Å²) in [5.41, 5.74) is -1.44. The molecule has 0 unspecified atom stereocenters. The Morgan fingerprint density at radius 2 is 2.05 bits per heavy atom. The van der Waals surface area contributed by atoms with Crippen molar-refractivity contribution in [2.45, 2.75) is 12.5 Å². The van der Waals surface area contributed by atoms with Crippen LogP contribution in [-0.2, 0) is 9.53 Å². The number of amides is 1. The summed E-state index contributed by atoms with van der Waals surface area (Å²) in [7, 11) is 1.35. The number of carbonyl (C=O) groups is 2. The highest BCUT2D eigenvalue weighted by atomic mass is 35.5. The lowest BCUT2D eigenvalue weighted by Crippen LogP contribution is -2.55. The summed E-state index contributed by atoms with van der Waals surface area (Å²) in [6.45, 7) is 1.17. The molecule has 2 N–H and O–H groups in total. The molecule has 1 aromatic carbocycles. The SMILES string of the molecule is COC[C@@](C)(NC(=O)c1cc(Cl)ccc1Cl)C(=O)O. The van der Waals surface area contributed by atoms with Gasteiger partial charge in [-0.1, -0.05) is 23.2 Å². The van der Waals surface area contributed by atoms with Crippen molar-refractivity contribution in [3.8, 4) is 0 Å². The van der Waals surface area contributed by atoms with E-state index in [0.29, 0.717) is 5.02 Å². The summed E-state index contributed by atoms with van der Waals surface area (Å²) in [6, 6.07) is 4.37. The molecule has 104 valence electrons. The molecule has 0 bridgehead atoms. The number of halogens is 2. The van der Waals surface area contributed by atoms with E-state index >= 15 is 0 Å². The van der Waals surface area contributed by atoms with E-state index in [-0.39, 0.29) is 17.2 Å². The second-order valence-electron chi connectivity index (χ2n) is 4.15. The molecule has 0 aliphatic heterocycles. The third kappa shape index (κ3) is 3.83. The molecule has 1 rings (SSSR count). The number of methoxy groups -OCH3 is 1. The van der Waals surface area contributed by atoms with E-state index in [9.17, 15) is 9.59 Å². The lowest BCUT2D eigenvalue weighted by atomic mass is 10.0. The third-order valence-corrected chi connectivity index (χ3v) is 3.03. The fourth-order valence-corrected chi connectivity index (χ4v) is 1.80. The Kier molecular flexibility index (Phi) is 5.17. The van der Waals surface area contributed by atoms with Gasteiger partial charge in [-0.15, -0.1) is 0 Å². The second-order valence-corrected chi connectivity index (χ2v) is 4.99. The first-order valence-corrected chi connectivity index (χ1v) is 6.05. The molecular formula is C12H13Cl2NO4. The van der Waals surface area contributed by atoms with Crippen LogP contribution in [-0.4, -0.2) is 36.2 Å². The standard InChI is InChI=1S/C12H13Cl2NO4/c1-12(6-19-2,11(17)18)15-10(16)8-5-7(13)3-4-9(8)14/h3-5H,6H2,1-2H3,(H,15,16)(H,17,18)/t12-/m1/s1. The largest absolute Gasteiger partial charge is 0.479 e. The van der Waals surface area contributed by atoms with Gasteiger partial charge < -0.3 is 15.2 Å². The van der Waals surface area contributed by atoms with Crippen LogP contribution in [0.15, 0.2) is 18.2 Å². The number of ether oxygens (including phenoxy) is 1. The predicted molar refractivity (Wildman–Crippen MR) is 71.8 cm³/mol. The highest BCUT2D eigenvalue weighted by Crippen LogP contribution is 2.21. The minimum Gasteiger partial charge on any atom is -0.479 e. The maximum Gasteiger partial charge on any atom is 0.331 e. The van der Waals surface area contributed by atoms with Crippen molar-refractivity contribution >= 4 is 35.1 Å². The smallest absolute Gasteiger partial charge is 0.331 e. The van der Waals surface area contributed by atoms with Crippen LogP contribution in [0.5, 0.6) is 0 Å². The normalized spacial score (nSPS) is 13.7. The van der Waals surface area contributed by atoms with Gasteiger partial charge in [-0.3, -0.25) is 4.79 Å². The van der Waals surface area contributed by atoms with Crippen molar-refractivity contribution in [3.05, 3.63) is 33.8 Å². The number of carboxylic acid groups (broad SMARTS) is 1. The van der Waals surface area contributed by atoms with Gasteiger partial charge in [-0.25, -0.2) is 4.79 Å². The summed E-state index contributed by atoms with van der Waals surface area (Å²) < 4.78 is 4.80. The van der Waals surface area contributed by atoms with Crippen molar-refractivity contribution in [1.82, 2.24) is 5.32 Å². The van der Waals surface area contributed by atoms with Crippen LogP contribution in [0.4, 0.5) is 0 Å². The minimum absolute atomic E-state index is 0.109. The minimum atomic E-state index is -1.54. The van der Waals surface area contributed by atoms with Crippen molar-refractivity contribution < 1.29 is 19.4 Å². The summed E-state index contributed by atoms with van der Waals surface area (Å²) in [5, 5.41) is 12.0. The number of hydrogen-bond acceptors (Lipinski definition) is 3. The first kappa shape index (κ1) is 15.8.